The second kappa shape index (κ2) is 7.29. The van der Waals surface area contributed by atoms with E-state index >= 15 is 0 Å². The lowest BCUT2D eigenvalue weighted by molar-refractivity contribution is -0.0574. The lowest BCUT2D eigenvalue weighted by Crippen LogP contribution is -2.47. The molecule has 2 aromatic rings. The molecule has 0 spiro atoms. The molecule has 0 radical (unpaired) electrons. The predicted octanol–water partition coefficient (Wildman–Crippen LogP) is 4.07. The van der Waals surface area contributed by atoms with Gasteiger partial charge in [0.15, 0.2) is 0 Å². The highest BCUT2D eigenvalue weighted by Crippen LogP contribution is 2.56. The summed E-state index contributed by atoms with van der Waals surface area (Å²) in [6.07, 6.45) is 2.30. The molecule has 0 amide bonds. The average Bonchev–Trinajstić information content (AvgIpc) is 2.75. The fraction of sp³-hybridized carbons (Fsp3) is 0.520. The summed E-state index contributed by atoms with van der Waals surface area (Å²) in [5.74, 6) is 1.08. The Labute approximate surface area is 169 Å². The van der Waals surface area contributed by atoms with E-state index in [2.05, 4.69) is 72.3 Å². The highest BCUT2D eigenvalue weighted by atomic mass is 16.5. The van der Waals surface area contributed by atoms with Crippen LogP contribution < -0.4 is 0 Å². The quantitative estimate of drug-likeness (QED) is 0.782. The molecule has 1 aliphatic heterocycles. The Balaban J connectivity index is 1.37. The number of benzene rings is 2. The summed E-state index contributed by atoms with van der Waals surface area (Å²) in [4.78, 5) is 5.02. The molecular weight excluding hydrogens is 344 g/mol. The van der Waals surface area contributed by atoms with Gasteiger partial charge in [-0.05, 0) is 48.1 Å². The van der Waals surface area contributed by atoms with Gasteiger partial charge >= 0.3 is 0 Å². The molecule has 6 rings (SSSR count). The summed E-state index contributed by atoms with van der Waals surface area (Å²) >= 11 is 0. The third-order valence-electron chi connectivity index (χ3n) is 7.11. The zero-order valence-electron chi connectivity index (χ0n) is 17.2. The van der Waals surface area contributed by atoms with E-state index < -0.39 is 0 Å². The molecule has 3 heteroatoms. The Kier molecular flexibility index (Phi) is 4.78. The van der Waals surface area contributed by atoms with E-state index in [1.165, 1.54) is 54.9 Å². The van der Waals surface area contributed by atoms with E-state index in [1.54, 1.807) is 0 Å². The van der Waals surface area contributed by atoms with Crippen LogP contribution in [-0.4, -0.2) is 56.2 Å². The van der Waals surface area contributed by atoms with Crippen LogP contribution in [0.15, 0.2) is 48.5 Å². The van der Waals surface area contributed by atoms with Crippen molar-refractivity contribution in [2.24, 2.45) is 5.92 Å². The normalized spacial score (nSPS) is 28.0. The van der Waals surface area contributed by atoms with Gasteiger partial charge in [0.1, 0.15) is 5.60 Å². The van der Waals surface area contributed by atoms with Gasteiger partial charge in [-0.3, -0.25) is 0 Å². The van der Waals surface area contributed by atoms with Crippen LogP contribution in [0.25, 0.3) is 0 Å². The molecule has 0 N–H and O–H groups in total. The highest BCUT2D eigenvalue weighted by Gasteiger charge is 2.49. The van der Waals surface area contributed by atoms with Crippen LogP contribution in [0, 0.1) is 5.92 Å². The number of ether oxygens (including phenoxy) is 1. The van der Waals surface area contributed by atoms with E-state index in [9.17, 15) is 0 Å². The average molecular weight is 377 g/mol. The molecule has 4 aliphatic rings. The molecule has 28 heavy (non-hydrogen) atoms. The fourth-order valence-electron chi connectivity index (χ4n) is 5.61. The van der Waals surface area contributed by atoms with Gasteiger partial charge in [0.2, 0.25) is 0 Å². The molecule has 1 unspecified atom stereocenters. The van der Waals surface area contributed by atoms with Crippen molar-refractivity contribution in [3.05, 3.63) is 70.8 Å². The summed E-state index contributed by atoms with van der Waals surface area (Å²) in [6.45, 7) is 9.02. The maximum absolute atomic E-state index is 6.90. The Morgan fingerprint density at radius 3 is 2.21 bits per heavy atom. The molecule has 0 saturated carbocycles. The smallest absolute Gasteiger partial charge is 0.119 e. The van der Waals surface area contributed by atoms with E-state index in [4.69, 9.17) is 4.74 Å². The predicted molar refractivity (Wildman–Crippen MR) is 114 cm³/mol. The number of fused-ring (bicyclic) bond motifs is 1. The summed E-state index contributed by atoms with van der Waals surface area (Å²) in [5, 5.41) is 0. The van der Waals surface area contributed by atoms with Crippen LogP contribution in [0.5, 0.6) is 0 Å². The molecule has 1 heterocycles. The molecule has 148 valence electrons. The van der Waals surface area contributed by atoms with Gasteiger partial charge in [-0.15, -0.1) is 0 Å². The van der Waals surface area contributed by atoms with Crippen molar-refractivity contribution in [2.45, 2.75) is 31.3 Å². The number of hydrogen-bond donors (Lipinski definition) is 0. The number of rotatable bonds is 5. The van der Waals surface area contributed by atoms with Gasteiger partial charge in [-0.1, -0.05) is 55.5 Å². The third-order valence-corrected chi connectivity index (χ3v) is 7.11. The van der Waals surface area contributed by atoms with Crippen molar-refractivity contribution in [2.75, 3.05) is 46.4 Å². The Morgan fingerprint density at radius 1 is 0.964 bits per heavy atom. The van der Waals surface area contributed by atoms with E-state index in [0.29, 0.717) is 11.8 Å². The minimum Gasteiger partial charge on any atom is -0.365 e. The van der Waals surface area contributed by atoms with Crippen molar-refractivity contribution >= 4 is 0 Å². The van der Waals surface area contributed by atoms with Crippen molar-refractivity contribution in [3.8, 4) is 0 Å². The molecule has 3 aliphatic carbocycles. The summed E-state index contributed by atoms with van der Waals surface area (Å²) in [5.41, 5.74) is 5.55. The standard InChI is InChI=1S/C25H32N2O/c1-19(17-27-15-13-26(2)14-16-27)18-28-25-12-11-20(21-7-3-5-9-23(21)25)22-8-4-6-10-24(22)25/h3-10,19-20H,11-18H2,1-2H3. The van der Waals surface area contributed by atoms with Crippen molar-refractivity contribution in [1.29, 1.82) is 0 Å². The zero-order valence-corrected chi connectivity index (χ0v) is 17.2. The molecule has 2 bridgehead atoms. The topological polar surface area (TPSA) is 15.7 Å². The monoisotopic (exact) mass is 376 g/mol. The van der Waals surface area contributed by atoms with E-state index in [-0.39, 0.29) is 5.60 Å². The van der Waals surface area contributed by atoms with Gasteiger partial charge < -0.3 is 14.5 Å². The molecule has 0 aromatic heterocycles. The maximum atomic E-state index is 6.90. The van der Waals surface area contributed by atoms with Gasteiger partial charge in [0.05, 0.1) is 6.61 Å². The van der Waals surface area contributed by atoms with Crippen LogP contribution >= 0.6 is 0 Å². The Morgan fingerprint density at radius 2 is 1.57 bits per heavy atom. The van der Waals surface area contributed by atoms with Crippen molar-refractivity contribution in [3.63, 3.8) is 0 Å². The van der Waals surface area contributed by atoms with Gasteiger partial charge in [-0.25, -0.2) is 0 Å². The van der Waals surface area contributed by atoms with Gasteiger partial charge in [0.25, 0.3) is 0 Å². The van der Waals surface area contributed by atoms with Crippen LogP contribution in [0.3, 0.4) is 0 Å². The molecule has 2 aromatic carbocycles. The van der Waals surface area contributed by atoms with Crippen molar-refractivity contribution < 1.29 is 4.74 Å². The summed E-state index contributed by atoms with van der Waals surface area (Å²) < 4.78 is 6.90. The summed E-state index contributed by atoms with van der Waals surface area (Å²) in [7, 11) is 2.22. The first-order valence-corrected chi connectivity index (χ1v) is 10.9. The first-order valence-electron chi connectivity index (χ1n) is 10.9. The van der Waals surface area contributed by atoms with E-state index in [0.717, 1.165) is 19.6 Å². The lowest BCUT2D eigenvalue weighted by Gasteiger charge is -2.49. The van der Waals surface area contributed by atoms with E-state index in [1.807, 2.05) is 0 Å². The second-order valence-corrected chi connectivity index (χ2v) is 9.11. The minimum atomic E-state index is -0.252. The zero-order chi connectivity index (χ0) is 19.1. The molecule has 3 nitrogen and oxygen atoms in total. The van der Waals surface area contributed by atoms with Gasteiger partial charge in [-0.2, -0.15) is 0 Å². The van der Waals surface area contributed by atoms with Crippen molar-refractivity contribution in [1.82, 2.24) is 9.80 Å². The first kappa shape index (κ1) is 18.4. The number of piperazine rings is 1. The Bertz CT molecular complexity index is 792. The molecule has 1 fully saturated rings. The fourth-order valence-corrected chi connectivity index (χ4v) is 5.61. The number of nitrogens with zero attached hydrogens (tertiary/aromatic N) is 2. The number of hydrogen-bond acceptors (Lipinski definition) is 3. The minimum absolute atomic E-state index is 0.252. The lowest BCUT2D eigenvalue weighted by atomic mass is 9.61. The first-order chi connectivity index (χ1) is 13.7. The highest BCUT2D eigenvalue weighted by molar-refractivity contribution is 5.57. The van der Waals surface area contributed by atoms with Crippen LogP contribution in [0.1, 0.15) is 47.9 Å². The van der Waals surface area contributed by atoms with Crippen LogP contribution in [0.2, 0.25) is 0 Å². The SMILES string of the molecule is CC(COC12CCC(c3ccccc31)c1ccccc12)CN1CCN(C)CC1. The largest absolute Gasteiger partial charge is 0.365 e. The van der Waals surface area contributed by atoms with Gasteiger partial charge in [0, 0.05) is 38.6 Å². The van der Waals surface area contributed by atoms with Crippen LogP contribution in [0.4, 0.5) is 0 Å². The molecule has 1 saturated heterocycles. The number of likely N-dealkylation sites (N-methyl/N-ethyl adjacent to an activating group) is 1. The maximum Gasteiger partial charge on any atom is 0.119 e. The molecular formula is C25H32N2O. The third kappa shape index (κ3) is 3.01. The molecule has 1 atom stereocenters. The Hall–Kier alpha value is -1.68. The van der Waals surface area contributed by atoms with Crippen LogP contribution in [-0.2, 0) is 10.3 Å². The second-order valence-electron chi connectivity index (χ2n) is 9.11. The summed E-state index contributed by atoms with van der Waals surface area (Å²) in [6, 6.07) is 18.0.